The molecule has 0 radical (unpaired) electrons. The van der Waals surface area contributed by atoms with E-state index in [0.717, 1.165) is 45.3 Å². The van der Waals surface area contributed by atoms with E-state index in [1.54, 1.807) is 0 Å². The van der Waals surface area contributed by atoms with Crippen molar-refractivity contribution < 1.29 is 4.79 Å². The van der Waals surface area contributed by atoms with Crippen LogP contribution in [0.25, 0.3) is 0 Å². The highest BCUT2D eigenvalue weighted by Crippen LogP contribution is 2.28. The highest BCUT2D eigenvalue weighted by Gasteiger charge is 2.30. The Labute approximate surface area is 137 Å². The Bertz CT molecular complexity index is 522. The van der Waals surface area contributed by atoms with Crippen molar-refractivity contribution in [3.05, 3.63) is 35.9 Å². The first-order valence-corrected chi connectivity index (χ1v) is 8.49. The third-order valence-electron chi connectivity index (χ3n) is 4.36. The summed E-state index contributed by atoms with van der Waals surface area (Å²) in [5.74, 6) is 0.284. The first kappa shape index (κ1) is 15.4. The normalized spacial score (nSPS) is 19.6. The number of carbonyl (C=O) groups is 1. The zero-order chi connectivity index (χ0) is 15.4. The first-order valence-electron chi connectivity index (χ1n) is 8.08. The van der Waals surface area contributed by atoms with E-state index >= 15 is 0 Å². The fourth-order valence-corrected chi connectivity index (χ4v) is 3.13. The largest absolute Gasteiger partial charge is 0.360 e. The van der Waals surface area contributed by atoms with Crippen LogP contribution in [-0.2, 0) is 11.3 Å². The molecule has 1 heterocycles. The van der Waals surface area contributed by atoms with Gasteiger partial charge < -0.3 is 10.6 Å². The molecule has 4 nitrogen and oxygen atoms in total. The number of thiocarbonyl (C=S) groups is 1. The van der Waals surface area contributed by atoms with Crippen LogP contribution in [-0.4, -0.2) is 35.1 Å². The van der Waals surface area contributed by atoms with Gasteiger partial charge in [0.05, 0.1) is 0 Å². The highest BCUT2D eigenvalue weighted by molar-refractivity contribution is 7.80. The number of hydrogen-bond donors (Lipinski definition) is 2. The molecule has 1 saturated heterocycles. The van der Waals surface area contributed by atoms with E-state index < -0.39 is 0 Å². The summed E-state index contributed by atoms with van der Waals surface area (Å²) in [6, 6.07) is 10.9. The van der Waals surface area contributed by atoms with Crippen molar-refractivity contribution in [1.82, 2.24) is 15.5 Å². The minimum atomic E-state index is 0.0824. The average molecular weight is 317 g/mol. The molecule has 1 amide bonds. The standard InChI is InChI=1S/C17H23N3OS/c21-16(14-6-7-14)19-17(22)18-15-8-10-20(11-9-15)12-13-4-2-1-3-5-13/h1-5,14-15H,6-12H2,(H2,18,19,21,22). The SMILES string of the molecule is O=C(NC(=S)NC1CCN(Cc2ccccc2)CC1)C1CC1. The van der Waals surface area contributed by atoms with E-state index in [1.807, 2.05) is 0 Å². The van der Waals surface area contributed by atoms with Crippen LogP contribution in [0.4, 0.5) is 0 Å². The van der Waals surface area contributed by atoms with Crippen molar-refractivity contribution in [1.29, 1.82) is 0 Å². The summed E-state index contributed by atoms with van der Waals surface area (Å²) in [7, 11) is 0. The lowest BCUT2D eigenvalue weighted by Crippen LogP contribution is -2.49. The van der Waals surface area contributed by atoms with Crippen molar-refractivity contribution in [2.45, 2.75) is 38.3 Å². The zero-order valence-electron chi connectivity index (χ0n) is 12.8. The van der Waals surface area contributed by atoms with Crippen molar-refractivity contribution in [3.8, 4) is 0 Å². The third-order valence-corrected chi connectivity index (χ3v) is 4.58. The highest BCUT2D eigenvalue weighted by atomic mass is 32.1. The Morgan fingerprint density at radius 2 is 1.82 bits per heavy atom. The lowest BCUT2D eigenvalue weighted by Gasteiger charge is -2.32. The predicted octanol–water partition coefficient (Wildman–Crippen LogP) is 2.05. The summed E-state index contributed by atoms with van der Waals surface area (Å²) >= 11 is 5.24. The molecule has 1 aliphatic carbocycles. The van der Waals surface area contributed by atoms with Crippen LogP contribution < -0.4 is 10.6 Å². The second-order valence-corrected chi connectivity index (χ2v) is 6.68. The first-order chi connectivity index (χ1) is 10.7. The summed E-state index contributed by atoms with van der Waals surface area (Å²) in [4.78, 5) is 14.1. The van der Waals surface area contributed by atoms with Crippen LogP contribution in [0.3, 0.4) is 0 Å². The molecular formula is C17H23N3OS. The van der Waals surface area contributed by atoms with Crippen molar-refractivity contribution in [3.63, 3.8) is 0 Å². The summed E-state index contributed by atoms with van der Waals surface area (Å²) in [5, 5.41) is 6.60. The minimum Gasteiger partial charge on any atom is -0.360 e. The van der Waals surface area contributed by atoms with Gasteiger partial charge in [0.15, 0.2) is 5.11 Å². The van der Waals surface area contributed by atoms with Gasteiger partial charge in [-0.1, -0.05) is 30.3 Å². The molecular weight excluding hydrogens is 294 g/mol. The van der Waals surface area contributed by atoms with Crippen molar-refractivity contribution >= 4 is 23.2 Å². The summed E-state index contributed by atoms with van der Waals surface area (Å²) in [6.45, 7) is 3.13. The van der Waals surface area contributed by atoms with Crippen LogP contribution in [0.15, 0.2) is 30.3 Å². The number of benzene rings is 1. The van der Waals surface area contributed by atoms with Crippen LogP contribution in [0.5, 0.6) is 0 Å². The molecule has 5 heteroatoms. The Morgan fingerprint density at radius 3 is 2.45 bits per heavy atom. The van der Waals surface area contributed by atoms with Crippen LogP contribution in [0.2, 0.25) is 0 Å². The van der Waals surface area contributed by atoms with Gasteiger partial charge in [0.2, 0.25) is 5.91 Å². The number of nitrogens with one attached hydrogen (secondary N) is 2. The Hall–Kier alpha value is -1.46. The average Bonchev–Trinajstić information content (AvgIpc) is 3.35. The maximum absolute atomic E-state index is 11.7. The second-order valence-electron chi connectivity index (χ2n) is 6.27. The second kappa shape index (κ2) is 7.20. The van der Waals surface area contributed by atoms with E-state index in [9.17, 15) is 4.79 Å². The van der Waals surface area contributed by atoms with Gasteiger partial charge in [0, 0.05) is 31.6 Å². The molecule has 1 saturated carbocycles. The van der Waals surface area contributed by atoms with E-state index in [0.29, 0.717) is 11.2 Å². The van der Waals surface area contributed by atoms with Crippen molar-refractivity contribution in [2.24, 2.45) is 5.92 Å². The maximum atomic E-state index is 11.7. The monoisotopic (exact) mass is 317 g/mol. The van der Waals surface area contributed by atoms with Crippen LogP contribution >= 0.6 is 12.2 Å². The van der Waals surface area contributed by atoms with Gasteiger partial charge in [-0.15, -0.1) is 0 Å². The van der Waals surface area contributed by atoms with Crippen LogP contribution in [0, 0.1) is 5.92 Å². The molecule has 22 heavy (non-hydrogen) atoms. The van der Waals surface area contributed by atoms with Gasteiger partial charge in [-0.3, -0.25) is 9.69 Å². The molecule has 2 N–H and O–H groups in total. The number of nitrogens with zero attached hydrogens (tertiary/aromatic N) is 1. The number of rotatable bonds is 4. The fourth-order valence-electron chi connectivity index (χ4n) is 2.86. The van der Waals surface area contributed by atoms with Gasteiger partial charge >= 0.3 is 0 Å². The van der Waals surface area contributed by atoms with Gasteiger partial charge in [0.25, 0.3) is 0 Å². The Kier molecular flexibility index (Phi) is 5.05. The summed E-state index contributed by atoms with van der Waals surface area (Å²) in [6.07, 6.45) is 4.14. The number of amides is 1. The fraction of sp³-hybridized carbons (Fsp3) is 0.529. The minimum absolute atomic E-state index is 0.0824. The maximum Gasteiger partial charge on any atom is 0.229 e. The Morgan fingerprint density at radius 1 is 1.14 bits per heavy atom. The molecule has 0 spiro atoms. The summed E-state index contributed by atoms with van der Waals surface area (Å²) < 4.78 is 0. The van der Waals surface area contributed by atoms with Gasteiger partial charge in [-0.25, -0.2) is 0 Å². The molecule has 1 aromatic carbocycles. The third kappa shape index (κ3) is 4.52. The lowest BCUT2D eigenvalue weighted by atomic mass is 10.0. The number of likely N-dealkylation sites (tertiary alicyclic amines) is 1. The zero-order valence-corrected chi connectivity index (χ0v) is 13.6. The molecule has 0 aromatic heterocycles. The van der Waals surface area contributed by atoms with E-state index in [-0.39, 0.29) is 11.8 Å². The van der Waals surface area contributed by atoms with E-state index in [1.165, 1.54) is 5.56 Å². The molecule has 1 aromatic rings. The van der Waals surface area contributed by atoms with Gasteiger partial charge in [-0.2, -0.15) is 0 Å². The van der Waals surface area contributed by atoms with Gasteiger partial charge in [-0.05, 0) is 43.5 Å². The molecule has 2 fully saturated rings. The van der Waals surface area contributed by atoms with Gasteiger partial charge in [0.1, 0.15) is 0 Å². The molecule has 0 atom stereocenters. The molecule has 0 bridgehead atoms. The van der Waals surface area contributed by atoms with E-state index in [4.69, 9.17) is 12.2 Å². The predicted molar refractivity (Wildman–Crippen MR) is 91.3 cm³/mol. The number of hydrogen-bond acceptors (Lipinski definition) is 3. The lowest BCUT2D eigenvalue weighted by molar-refractivity contribution is -0.120. The number of piperidine rings is 1. The van der Waals surface area contributed by atoms with Crippen LogP contribution in [0.1, 0.15) is 31.2 Å². The Balaban J connectivity index is 1.38. The molecule has 0 unspecified atom stereocenters. The smallest absolute Gasteiger partial charge is 0.229 e. The molecule has 2 aliphatic rings. The quantitative estimate of drug-likeness (QED) is 0.834. The van der Waals surface area contributed by atoms with Crippen molar-refractivity contribution in [2.75, 3.05) is 13.1 Å². The summed E-state index contributed by atoms with van der Waals surface area (Å²) in [5.41, 5.74) is 1.36. The molecule has 118 valence electrons. The topological polar surface area (TPSA) is 44.4 Å². The van der Waals surface area contributed by atoms with E-state index in [2.05, 4.69) is 45.9 Å². The molecule has 1 aliphatic heterocycles. The number of carbonyl (C=O) groups excluding carboxylic acids is 1. The molecule has 3 rings (SSSR count).